The molecule has 170 valence electrons. The molecule has 1 heterocycles. The van der Waals surface area contributed by atoms with Crippen LogP contribution in [0.2, 0.25) is 0 Å². The Hall–Kier alpha value is -1.68. The van der Waals surface area contributed by atoms with Gasteiger partial charge in [0.25, 0.3) is 0 Å². The van der Waals surface area contributed by atoms with Crippen molar-refractivity contribution in [1.82, 2.24) is 10.3 Å². The lowest BCUT2D eigenvalue weighted by Gasteiger charge is -2.37. The molecule has 14 heteroatoms. The largest absolute Gasteiger partial charge is 0.393 e. The van der Waals surface area contributed by atoms with Crippen LogP contribution in [0, 0.1) is 0 Å². The van der Waals surface area contributed by atoms with E-state index < -0.39 is 22.3 Å². The van der Waals surface area contributed by atoms with Gasteiger partial charge in [0, 0.05) is 43.1 Å². The summed E-state index contributed by atoms with van der Waals surface area (Å²) in [5.41, 5.74) is 12.4. The topological polar surface area (TPSA) is 198 Å². The van der Waals surface area contributed by atoms with Gasteiger partial charge in [0.05, 0.1) is 12.2 Å². The number of aliphatic hydroxyl groups excluding tert-OH is 1. The van der Waals surface area contributed by atoms with Gasteiger partial charge in [-0.25, -0.2) is 29.3 Å². The number of sulfonamides is 1. The average molecular weight is 465 g/mol. The number of nitrogens with one attached hydrogen (secondary N) is 2. The van der Waals surface area contributed by atoms with Crippen molar-refractivity contribution >= 4 is 33.5 Å². The summed E-state index contributed by atoms with van der Waals surface area (Å²) in [6.45, 7) is 0.973. The first-order valence-electron chi connectivity index (χ1n) is 9.30. The Morgan fingerprint density at radius 1 is 1.37 bits per heavy atom. The van der Waals surface area contributed by atoms with Crippen molar-refractivity contribution in [3.63, 3.8) is 0 Å². The van der Waals surface area contributed by atoms with Crippen molar-refractivity contribution in [2.24, 2.45) is 27.6 Å². The molecule has 0 saturated carbocycles. The van der Waals surface area contributed by atoms with Gasteiger partial charge in [0.2, 0.25) is 10.0 Å². The molecule has 1 aromatic carbocycles. The van der Waals surface area contributed by atoms with Gasteiger partial charge in [0.15, 0.2) is 5.84 Å². The van der Waals surface area contributed by atoms with Gasteiger partial charge in [-0.15, -0.1) is 5.10 Å². The Kier molecular flexibility index (Phi) is 8.66. The number of alkyl halides is 1. The summed E-state index contributed by atoms with van der Waals surface area (Å²) in [7, 11) is -4.21. The Bertz CT molecular complexity index is 860. The number of hydrazone groups is 1. The second kappa shape index (κ2) is 10.6. The van der Waals surface area contributed by atoms with E-state index >= 15 is 0 Å². The third-order valence-corrected chi connectivity index (χ3v) is 6.80. The predicted molar refractivity (Wildman–Crippen MR) is 116 cm³/mol. The highest BCUT2D eigenvalue weighted by atomic mass is 32.2. The smallest absolute Gasteiger partial charge is 0.240 e. The van der Waals surface area contributed by atoms with Crippen molar-refractivity contribution in [3.05, 3.63) is 17.7 Å². The third kappa shape index (κ3) is 5.94. The number of primary sulfonamides is 1. The number of benzene rings is 1. The molecule has 0 atom stereocenters. The lowest BCUT2D eigenvalue weighted by Crippen LogP contribution is -2.44. The van der Waals surface area contributed by atoms with Crippen molar-refractivity contribution in [3.8, 4) is 0 Å². The van der Waals surface area contributed by atoms with E-state index in [1.807, 2.05) is 0 Å². The maximum absolute atomic E-state index is 14.4. The summed E-state index contributed by atoms with van der Waals surface area (Å²) in [5.74, 6) is 5.06. The van der Waals surface area contributed by atoms with Gasteiger partial charge >= 0.3 is 0 Å². The Morgan fingerprint density at radius 2 is 2.03 bits per heavy atom. The summed E-state index contributed by atoms with van der Waals surface area (Å²) < 4.78 is 42.5. The number of hydrogen-bond donors (Lipinski definition) is 7. The number of piperidine rings is 1. The fourth-order valence-electron chi connectivity index (χ4n) is 3.16. The normalized spacial score (nSPS) is 17.2. The van der Waals surface area contributed by atoms with Gasteiger partial charge in [-0.1, -0.05) is 0 Å². The molecule has 0 bridgehead atoms. The molecule has 1 saturated heterocycles. The van der Waals surface area contributed by atoms with Crippen molar-refractivity contribution in [2.45, 2.75) is 34.7 Å². The van der Waals surface area contributed by atoms with Crippen LogP contribution in [-0.4, -0.2) is 57.8 Å². The van der Waals surface area contributed by atoms with Gasteiger partial charge < -0.3 is 21.5 Å². The van der Waals surface area contributed by atoms with Gasteiger partial charge in [-0.2, -0.15) is 0 Å². The van der Waals surface area contributed by atoms with E-state index in [-0.39, 0.29) is 42.2 Å². The average Bonchev–Trinajstić information content (AvgIpc) is 2.71. The first kappa shape index (κ1) is 24.6. The van der Waals surface area contributed by atoms with Gasteiger partial charge in [0.1, 0.15) is 10.6 Å². The van der Waals surface area contributed by atoms with Crippen molar-refractivity contribution < 1.29 is 17.9 Å². The number of anilines is 1. The Morgan fingerprint density at radius 3 is 2.57 bits per heavy atom. The molecule has 1 aromatic rings. The van der Waals surface area contributed by atoms with E-state index in [9.17, 15) is 17.9 Å². The van der Waals surface area contributed by atoms with E-state index in [0.29, 0.717) is 30.1 Å². The molecular formula is C16H29FN8O3S2. The molecule has 11 N–H and O–H groups in total. The Labute approximate surface area is 179 Å². The van der Waals surface area contributed by atoms with E-state index in [4.69, 9.17) is 22.4 Å². The second-order valence-corrected chi connectivity index (χ2v) is 9.32. The molecule has 0 amide bonds. The van der Waals surface area contributed by atoms with E-state index in [1.165, 1.54) is 0 Å². The van der Waals surface area contributed by atoms with E-state index in [2.05, 4.69) is 15.4 Å². The van der Waals surface area contributed by atoms with Gasteiger partial charge in [-0.3, -0.25) is 4.72 Å². The molecule has 0 aromatic heterocycles. The van der Waals surface area contributed by atoms with Crippen LogP contribution < -0.4 is 37.6 Å². The summed E-state index contributed by atoms with van der Waals surface area (Å²) in [6, 6.07) is 3.28. The summed E-state index contributed by atoms with van der Waals surface area (Å²) in [5, 5.41) is 18.5. The fourth-order valence-corrected chi connectivity index (χ4v) is 5.21. The van der Waals surface area contributed by atoms with Crippen LogP contribution in [-0.2, 0) is 10.0 Å². The molecular weight excluding hydrogens is 435 g/mol. The number of hydrogen-bond acceptors (Lipinski definition) is 10. The minimum Gasteiger partial charge on any atom is -0.393 e. The SMILES string of the molecule is NCCCNSc1ccc(N2CCC(F)(CO)CC2)c(/C(N)=N/NN)c1S(N)(=O)=O. The van der Waals surface area contributed by atoms with Crippen molar-refractivity contribution in [1.29, 1.82) is 0 Å². The number of aliphatic hydroxyl groups is 1. The summed E-state index contributed by atoms with van der Waals surface area (Å²) >= 11 is 1.08. The minimum absolute atomic E-state index is 0.0800. The van der Waals surface area contributed by atoms with E-state index in [0.717, 1.165) is 11.9 Å². The lowest BCUT2D eigenvalue weighted by molar-refractivity contribution is 0.0481. The molecule has 2 rings (SSSR count). The van der Waals surface area contributed by atoms with Crippen LogP contribution >= 0.6 is 11.9 Å². The molecule has 30 heavy (non-hydrogen) atoms. The highest BCUT2D eigenvalue weighted by Gasteiger charge is 2.36. The van der Waals surface area contributed by atoms with Crippen LogP contribution in [0.5, 0.6) is 0 Å². The molecule has 0 aliphatic carbocycles. The zero-order valence-electron chi connectivity index (χ0n) is 16.5. The van der Waals surface area contributed by atoms with Crippen LogP contribution in [0.1, 0.15) is 24.8 Å². The maximum atomic E-state index is 14.4. The number of rotatable bonds is 10. The van der Waals surface area contributed by atoms with Crippen molar-refractivity contribution in [2.75, 3.05) is 37.7 Å². The van der Waals surface area contributed by atoms with Gasteiger partial charge in [-0.05, 0) is 37.0 Å². The molecule has 0 unspecified atom stereocenters. The Balaban J connectivity index is 2.53. The summed E-state index contributed by atoms with van der Waals surface area (Å²) in [6.07, 6.45) is 0.862. The van der Waals surface area contributed by atoms with Crippen LogP contribution in [0.3, 0.4) is 0 Å². The molecule has 0 spiro atoms. The predicted octanol–water partition coefficient (Wildman–Crippen LogP) is -1.34. The van der Waals surface area contributed by atoms with E-state index in [1.54, 1.807) is 17.0 Å². The highest BCUT2D eigenvalue weighted by Crippen LogP contribution is 2.37. The molecule has 1 aliphatic heterocycles. The summed E-state index contributed by atoms with van der Waals surface area (Å²) in [4.78, 5) is 1.91. The van der Waals surface area contributed by atoms with Crippen LogP contribution in [0.25, 0.3) is 0 Å². The quantitative estimate of drug-likeness (QED) is 0.0543. The fraction of sp³-hybridized carbons (Fsp3) is 0.562. The number of hydrazine groups is 1. The lowest BCUT2D eigenvalue weighted by atomic mass is 9.93. The number of nitrogens with zero attached hydrogens (tertiary/aromatic N) is 2. The molecule has 0 radical (unpaired) electrons. The zero-order valence-corrected chi connectivity index (χ0v) is 18.1. The maximum Gasteiger partial charge on any atom is 0.240 e. The molecule has 1 fully saturated rings. The van der Waals surface area contributed by atoms with Crippen LogP contribution in [0.15, 0.2) is 27.0 Å². The highest BCUT2D eigenvalue weighted by molar-refractivity contribution is 7.98. The number of amidine groups is 1. The zero-order chi connectivity index (χ0) is 22.4. The third-order valence-electron chi connectivity index (χ3n) is 4.77. The first-order valence-corrected chi connectivity index (χ1v) is 11.7. The number of nitrogens with two attached hydrogens (primary N) is 4. The first-order chi connectivity index (χ1) is 14.2. The second-order valence-electron chi connectivity index (χ2n) is 6.89. The molecule has 11 nitrogen and oxygen atoms in total. The standard InChI is InChI=1S/C16H29FN8O3S2/c17-16(10-26)4-8-25(9-5-16)11-2-3-12(29-22-7-1-6-18)14(30(21,27)28)13(11)15(19)23-24-20/h2-3,22,24,26H,1,4-10,18,20H2,(H2,19,23)(H2,21,27,28). The minimum atomic E-state index is -4.21. The van der Waals surface area contributed by atoms with Crippen LogP contribution in [0.4, 0.5) is 10.1 Å². The number of halogens is 1. The monoisotopic (exact) mass is 464 g/mol. The molecule has 1 aliphatic rings.